The molecular formula is C12H22N4O3. The molecule has 0 spiro atoms. The van der Waals surface area contributed by atoms with Crippen LogP contribution in [-0.4, -0.2) is 47.4 Å². The fourth-order valence-electron chi connectivity index (χ4n) is 2.23. The average molecular weight is 270 g/mol. The third-order valence-corrected chi connectivity index (χ3v) is 3.39. The summed E-state index contributed by atoms with van der Waals surface area (Å²) >= 11 is 0. The number of hydrogen-bond acceptors (Lipinski definition) is 4. The lowest BCUT2D eigenvalue weighted by atomic mass is 9.67. The molecule has 0 bridgehead atoms. The van der Waals surface area contributed by atoms with E-state index < -0.39 is 5.41 Å². The first-order chi connectivity index (χ1) is 8.83. The van der Waals surface area contributed by atoms with Gasteiger partial charge in [-0.25, -0.2) is 0 Å². The summed E-state index contributed by atoms with van der Waals surface area (Å²) in [7, 11) is 1.55. The summed E-state index contributed by atoms with van der Waals surface area (Å²) < 4.78 is 0. The lowest BCUT2D eigenvalue weighted by Crippen LogP contribution is -2.55. The Hall–Kier alpha value is -1.79. The molecule has 1 rings (SSSR count). The van der Waals surface area contributed by atoms with Crippen LogP contribution in [0.1, 0.15) is 33.1 Å². The summed E-state index contributed by atoms with van der Waals surface area (Å²) in [6, 6.07) is 0.0257. The molecule has 7 heteroatoms. The molecule has 0 unspecified atom stereocenters. The minimum absolute atomic E-state index is 0.0257. The van der Waals surface area contributed by atoms with Gasteiger partial charge >= 0.3 is 0 Å². The van der Waals surface area contributed by atoms with Crippen LogP contribution in [0.4, 0.5) is 0 Å². The lowest BCUT2D eigenvalue weighted by Gasteiger charge is -2.41. The monoisotopic (exact) mass is 270 g/mol. The Bertz CT molecular complexity index is 388. The summed E-state index contributed by atoms with van der Waals surface area (Å²) in [6.45, 7) is 3.67. The van der Waals surface area contributed by atoms with Crippen LogP contribution in [-0.2, 0) is 9.59 Å². The SMILES string of the molecule is CC(C)NC(=O)CN(C)C(=O)C1(C(N)=NO)CCC1. The quantitative estimate of drug-likeness (QED) is 0.280. The smallest absolute Gasteiger partial charge is 0.239 e. The summed E-state index contributed by atoms with van der Waals surface area (Å²) in [5.41, 5.74) is 4.69. The van der Waals surface area contributed by atoms with E-state index in [0.29, 0.717) is 12.8 Å². The molecule has 0 saturated heterocycles. The molecule has 108 valence electrons. The number of hydrogen-bond donors (Lipinski definition) is 3. The second-order valence-electron chi connectivity index (χ2n) is 5.30. The van der Waals surface area contributed by atoms with E-state index in [0.717, 1.165) is 6.42 Å². The predicted octanol–water partition coefficient (Wildman–Crippen LogP) is -0.114. The fraction of sp³-hybridized carbons (Fsp3) is 0.750. The van der Waals surface area contributed by atoms with Crippen molar-refractivity contribution in [3.8, 4) is 0 Å². The van der Waals surface area contributed by atoms with E-state index in [-0.39, 0.29) is 30.2 Å². The standard InChI is InChI=1S/C12H22N4O3/c1-8(2)14-9(17)7-16(3)11(18)12(5-4-6-12)10(13)15-19/h8,19H,4-7H2,1-3H3,(H2,13,15)(H,14,17). The maximum atomic E-state index is 12.3. The number of nitrogens with zero attached hydrogens (tertiary/aromatic N) is 2. The van der Waals surface area contributed by atoms with Gasteiger partial charge in [0.05, 0.1) is 6.54 Å². The second kappa shape index (κ2) is 5.90. The van der Waals surface area contributed by atoms with Crippen LogP contribution >= 0.6 is 0 Å². The lowest BCUT2D eigenvalue weighted by molar-refractivity contribution is -0.143. The van der Waals surface area contributed by atoms with Gasteiger partial charge < -0.3 is 21.2 Å². The summed E-state index contributed by atoms with van der Waals surface area (Å²) in [5, 5.41) is 14.5. The molecule has 0 aliphatic heterocycles. The number of oxime groups is 1. The summed E-state index contributed by atoms with van der Waals surface area (Å²) in [4.78, 5) is 25.3. The van der Waals surface area contributed by atoms with Crippen molar-refractivity contribution in [3.63, 3.8) is 0 Å². The molecule has 0 aromatic carbocycles. The molecule has 1 aliphatic rings. The van der Waals surface area contributed by atoms with Crippen LogP contribution in [0.15, 0.2) is 5.16 Å². The molecule has 0 aromatic heterocycles. The Morgan fingerprint density at radius 1 is 1.47 bits per heavy atom. The van der Waals surface area contributed by atoms with Crippen LogP contribution in [0.5, 0.6) is 0 Å². The molecule has 1 aliphatic carbocycles. The van der Waals surface area contributed by atoms with Gasteiger partial charge in [0.1, 0.15) is 5.41 Å². The van der Waals surface area contributed by atoms with Gasteiger partial charge in [-0.05, 0) is 26.7 Å². The van der Waals surface area contributed by atoms with E-state index in [2.05, 4.69) is 10.5 Å². The number of likely N-dealkylation sites (N-methyl/N-ethyl adjacent to an activating group) is 1. The zero-order valence-electron chi connectivity index (χ0n) is 11.6. The van der Waals surface area contributed by atoms with Crippen molar-refractivity contribution in [2.24, 2.45) is 16.3 Å². The Morgan fingerprint density at radius 2 is 2.05 bits per heavy atom. The number of nitrogens with two attached hydrogens (primary N) is 1. The van der Waals surface area contributed by atoms with E-state index in [4.69, 9.17) is 10.9 Å². The first kappa shape index (κ1) is 15.3. The maximum Gasteiger partial charge on any atom is 0.239 e. The second-order valence-corrected chi connectivity index (χ2v) is 5.30. The minimum Gasteiger partial charge on any atom is -0.409 e. The number of rotatable bonds is 5. The van der Waals surface area contributed by atoms with Gasteiger partial charge in [0.2, 0.25) is 11.8 Å². The summed E-state index contributed by atoms with van der Waals surface area (Å²) in [5.74, 6) is -0.562. The molecule has 1 fully saturated rings. The fourth-order valence-corrected chi connectivity index (χ4v) is 2.23. The van der Waals surface area contributed by atoms with Crippen molar-refractivity contribution in [3.05, 3.63) is 0 Å². The van der Waals surface area contributed by atoms with Gasteiger partial charge in [0.25, 0.3) is 0 Å². The highest BCUT2D eigenvalue weighted by Gasteiger charge is 2.49. The van der Waals surface area contributed by atoms with E-state index in [1.54, 1.807) is 7.05 Å². The number of amides is 2. The van der Waals surface area contributed by atoms with Gasteiger partial charge in [-0.15, -0.1) is 0 Å². The predicted molar refractivity (Wildman–Crippen MR) is 70.6 cm³/mol. The third-order valence-electron chi connectivity index (χ3n) is 3.39. The van der Waals surface area contributed by atoms with E-state index in [9.17, 15) is 9.59 Å². The molecular weight excluding hydrogens is 248 g/mol. The van der Waals surface area contributed by atoms with Crippen LogP contribution in [0.3, 0.4) is 0 Å². The highest BCUT2D eigenvalue weighted by molar-refractivity contribution is 6.08. The zero-order chi connectivity index (χ0) is 14.6. The Balaban J connectivity index is 2.69. The van der Waals surface area contributed by atoms with Crippen molar-refractivity contribution >= 4 is 17.6 Å². The van der Waals surface area contributed by atoms with Crippen molar-refractivity contribution in [2.75, 3.05) is 13.6 Å². The van der Waals surface area contributed by atoms with Crippen molar-refractivity contribution < 1.29 is 14.8 Å². The van der Waals surface area contributed by atoms with Gasteiger partial charge in [0, 0.05) is 13.1 Å². The molecule has 1 saturated carbocycles. The molecule has 7 nitrogen and oxygen atoms in total. The Kier molecular flexibility index (Phi) is 4.74. The highest BCUT2D eigenvalue weighted by atomic mass is 16.4. The van der Waals surface area contributed by atoms with Crippen LogP contribution in [0.25, 0.3) is 0 Å². The van der Waals surface area contributed by atoms with Crippen molar-refractivity contribution in [1.82, 2.24) is 10.2 Å². The third kappa shape index (κ3) is 3.15. The zero-order valence-corrected chi connectivity index (χ0v) is 11.6. The maximum absolute atomic E-state index is 12.3. The van der Waals surface area contributed by atoms with Gasteiger partial charge in [0.15, 0.2) is 5.84 Å². The molecule has 0 atom stereocenters. The number of carbonyl (C=O) groups excluding carboxylic acids is 2. The minimum atomic E-state index is -0.929. The van der Waals surface area contributed by atoms with Crippen molar-refractivity contribution in [1.29, 1.82) is 0 Å². The molecule has 2 amide bonds. The number of nitrogens with one attached hydrogen (secondary N) is 1. The van der Waals surface area contributed by atoms with Crippen LogP contribution < -0.4 is 11.1 Å². The number of amidine groups is 1. The van der Waals surface area contributed by atoms with Gasteiger partial charge in [-0.3, -0.25) is 9.59 Å². The number of carbonyl (C=O) groups is 2. The Morgan fingerprint density at radius 3 is 2.42 bits per heavy atom. The average Bonchev–Trinajstić information content (AvgIpc) is 2.25. The normalized spacial score (nSPS) is 17.8. The summed E-state index contributed by atoms with van der Waals surface area (Å²) in [6.07, 6.45) is 1.96. The van der Waals surface area contributed by atoms with Crippen LogP contribution in [0, 0.1) is 5.41 Å². The van der Waals surface area contributed by atoms with Gasteiger partial charge in [-0.2, -0.15) is 0 Å². The van der Waals surface area contributed by atoms with E-state index in [1.165, 1.54) is 4.90 Å². The van der Waals surface area contributed by atoms with E-state index >= 15 is 0 Å². The largest absolute Gasteiger partial charge is 0.409 e. The molecule has 0 aromatic rings. The molecule has 4 N–H and O–H groups in total. The van der Waals surface area contributed by atoms with Crippen molar-refractivity contribution in [2.45, 2.75) is 39.2 Å². The highest BCUT2D eigenvalue weighted by Crippen LogP contribution is 2.42. The van der Waals surface area contributed by atoms with E-state index in [1.807, 2.05) is 13.8 Å². The first-order valence-electron chi connectivity index (χ1n) is 6.36. The molecule has 0 heterocycles. The van der Waals surface area contributed by atoms with Crippen LogP contribution in [0.2, 0.25) is 0 Å². The Labute approximate surface area is 112 Å². The topological polar surface area (TPSA) is 108 Å². The molecule has 0 radical (unpaired) electrons. The van der Waals surface area contributed by atoms with Gasteiger partial charge in [-0.1, -0.05) is 11.6 Å². The molecule has 19 heavy (non-hydrogen) atoms. The first-order valence-corrected chi connectivity index (χ1v) is 6.36.